The molecule has 0 heterocycles. The van der Waals surface area contributed by atoms with Gasteiger partial charge in [0.05, 0.1) is 13.0 Å². The summed E-state index contributed by atoms with van der Waals surface area (Å²) in [5.41, 5.74) is 1.03. The van der Waals surface area contributed by atoms with Gasteiger partial charge in [0.25, 0.3) is 0 Å². The molecular weight excluding hydrogens is 262 g/mol. The topological polar surface area (TPSA) is 38.3 Å². The summed E-state index contributed by atoms with van der Waals surface area (Å²) in [6.07, 6.45) is 4.07. The summed E-state index contributed by atoms with van der Waals surface area (Å²) in [6, 6.07) is 8.13. The molecule has 0 spiro atoms. The molecule has 1 aliphatic rings. The highest BCUT2D eigenvalue weighted by Crippen LogP contribution is 2.29. The fraction of sp³-hybridized carbons (Fsp3) is 0.611. The molecule has 0 radical (unpaired) electrons. The Hall–Kier alpha value is -1.51. The highest BCUT2D eigenvalue weighted by atomic mass is 16.5. The number of nitrogens with one attached hydrogen (secondary N) is 1. The van der Waals surface area contributed by atoms with E-state index in [1.165, 1.54) is 12.8 Å². The van der Waals surface area contributed by atoms with Crippen molar-refractivity contribution in [3.8, 4) is 5.75 Å². The second-order valence-electron chi connectivity index (χ2n) is 6.20. The molecule has 3 unspecified atom stereocenters. The first-order valence-corrected chi connectivity index (χ1v) is 8.11. The van der Waals surface area contributed by atoms with E-state index in [9.17, 15) is 4.79 Å². The average molecular weight is 289 g/mol. The molecule has 1 fully saturated rings. The molecule has 1 aliphatic carbocycles. The van der Waals surface area contributed by atoms with E-state index in [4.69, 9.17) is 4.74 Å². The van der Waals surface area contributed by atoms with E-state index in [1.807, 2.05) is 31.2 Å². The van der Waals surface area contributed by atoms with Crippen LogP contribution in [0.5, 0.6) is 5.75 Å². The molecule has 1 aromatic carbocycles. The highest BCUT2D eigenvalue weighted by molar-refractivity contribution is 5.78. The minimum absolute atomic E-state index is 0.130. The number of hydrogen-bond acceptors (Lipinski definition) is 2. The van der Waals surface area contributed by atoms with E-state index in [2.05, 4.69) is 19.2 Å². The normalized spacial score (nSPS) is 25.4. The molecule has 0 saturated heterocycles. The summed E-state index contributed by atoms with van der Waals surface area (Å²) < 4.78 is 5.41. The summed E-state index contributed by atoms with van der Waals surface area (Å²) in [5, 5.41) is 3.22. The predicted octanol–water partition coefficient (Wildman–Crippen LogP) is 3.57. The minimum atomic E-state index is 0.130. The maximum atomic E-state index is 12.2. The number of carbonyl (C=O) groups is 1. The Balaban J connectivity index is 1.86. The largest absolute Gasteiger partial charge is 0.494 e. The zero-order valence-electron chi connectivity index (χ0n) is 13.4. The molecule has 3 atom stereocenters. The number of benzene rings is 1. The van der Waals surface area contributed by atoms with E-state index in [0.717, 1.165) is 17.7 Å². The maximum Gasteiger partial charge on any atom is 0.224 e. The van der Waals surface area contributed by atoms with Crippen LogP contribution in [0.25, 0.3) is 0 Å². The Morgan fingerprint density at radius 3 is 2.62 bits per heavy atom. The van der Waals surface area contributed by atoms with Gasteiger partial charge in [-0.05, 0) is 42.9 Å². The van der Waals surface area contributed by atoms with Gasteiger partial charge in [-0.15, -0.1) is 0 Å². The molecule has 116 valence electrons. The third kappa shape index (κ3) is 4.48. The Bertz CT molecular complexity index is 455. The van der Waals surface area contributed by atoms with Crippen LogP contribution in [-0.4, -0.2) is 18.6 Å². The third-order valence-electron chi connectivity index (χ3n) is 4.65. The summed E-state index contributed by atoms with van der Waals surface area (Å²) in [5.74, 6) is 2.26. The van der Waals surface area contributed by atoms with Crippen LogP contribution >= 0.6 is 0 Å². The Kier molecular flexibility index (Phi) is 5.66. The molecule has 2 rings (SSSR count). The fourth-order valence-corrected chi connectivity index (χ4v) is 3.10. The smallest absolute Gasteiger partial charge is 0.224 e. The van der Waals surface area contributed by atoms with Gasteiger partial charge in [0.15, 0.2) is 0 Å². The number of carbonyl (C=O) groups excluding carboxylic acids is 1. The molecule has 21 heavy (non-hydrogen) atoms. The van der Waals surface area contributed by atoms with Gasteiger partial charge in [-0.2, -0.15) is 0 Å². The number of hydrogen-bond donors (Lipinski definition) is 1. The van der Waals surface area contributed by atoms with Crippen molar-refractivity contribution in [3.05, 3.63) is 29.8 Å². The minimum Gasteiger partial charge on any atom is -0.494 e. The second-order valence-corrected chi connectivity index (χ2v) is 6.20. The zero-order valence-corrected chi connectivity index (χ0v) is 13.4. The summed E-state index contributed by atoms with van der Waals surface area (Å²) in [7, 11) is 0. The first-order valence-electron chi connectivity index (χ1n) is 8.11. The Labute approximate surface area is 128 Å². The predicted molar refractivity (Wildman–Crippen MR) is 85.4 cm³/mol. The molecule has 3 heteroatoms. The molecule has 0 bridgehead atoms. The lowest BCUT2D eigenvalue weighted by molar-refractivity contribution is -0.121. The van der Waals surface area contributed by atoms with Crippen LogP contribution in [0.2, 0.25) is 0 Å². The Morgan fingerprint density at radius 2 is 1.95 bits per heavy atom. The summed E-state index contributed by atoms with van der Waals surface area (Å²) >= 11 is 0. The fourth-order valence-electron chi connectivity index (χ4n) is 3.10. The van der Waals surface area contributed by atoms with Gasteiger partial charge < -0.3 is 10.1 Å². The summed E-state index contributed by atoms with van der Waals surface area (Å²) in [6.45, 7) is 7.17. The SMILES string of the molecule is CCOc1ccc(CC(=O)NC2CCCC(C)C2C)cc1. The van der Waals surface area contributed by atoms with Crippen LogP contribution < -0.4 is 10.1 Å². The van der Waals surface area contributed by atoms with E-state index in [1.54, 1.807) is 0 Å². The monoisotopic (exact) mass is 289 g/mol. The number of ether oxygens (including phenoxy) is 1. The van der Waals surface area contributed by atoms with Crippen LogP contribution in [0.15, 0.2) is 24.3 Å². The summed E-state index contributed by atoms with van der Waals surface area (Å²) in [4.78, 5) is 12.2. The Morgan fingerprint density at radius 1 is 1.24 bits per heavy atom. The van der Waals surface area contributed by atoms with Crippen LogP contribution in [0, 0.1) is 11.8 Å². The molecule has 0 aromatic heterocycles. The van der Waals surface area contributed by atoms with Crippen molar-refractivity contribution in [1.29, 1.82) is 0 Å². The highest BCUT2D eigenvalue weighted by Gasteiger charge is 2.27. The maximum absolute atomic E-state index is 12.2. The second kappa shape index (κ2) is 7.48. The van der Waals surface area contributed by atoms with Crippen molar-refractivity contribution in [1.82, 2.24) is 5.32 Å². The van der Waals surface area contributed by atoms with Gasteiger partial charge in [-0.1, -0.05) is 38.8 Å². The lowest BCUT2D eigenvalue weighted by Gasteiger charge is -2.34. The van der Waals surface area contributed by atoms with Crippen LogP contribution in [0.3, 0.4) is 0 Å². The van der Waals surface area contributed by atoms with Crippen molar-refractivity contribution in [2.45, 2.75) is 52.5 Å². The van der Waals surface area contributed by atoms with Crippen molar-refractivity contribution in [2.24, 2.45) is 11.8 Å². The molecule has 1 saturated carbocycles. The molecule has 1 aromatic rings. The van der Waals surface area contributed by atoms with Crippen LogP contribution in [0.4, 0.5) is 0 Å². The molecular formula is C18H27NO2. The van der Waals surface area contributed by atoms with Gasteiger partial charge in [0.1, 0.15) is 5.75 Å². The van der Waals surface area contributed by atoms with Crippen LogP contribution in [0.1, 0.15) is 45.6 Å². The molecule has 3 nitrogen and oxygen atoms in total. The van der Waals surface area contributed by atoms with Crippen molar-refractivity contribution in [3.63, 3.8) is 0 Å². The van der Waals surface area contributed by atoms with Gasteiger partial charge in [0, 0.05) is 6.04 Å². The number of amides is 1. The van der Waals surface area contributed by atoms with Gasteiger partial charge in [0.2, 0.25) is 5.91 Å². The lowest BCUT2D eigenvalue weighted by Crippen LogP contribution is -2.44. The van der Waals surface area contributed by atoms with Gasteiger partial charge in [-0.25, -0.2) is 0 Å². The van der Waals surface area contributed by atoms with Gasteiger partial charge in [-0.3, -0.25) is 4.79 Å². The van der Waals surface area contributed by atoms with Crippen molar-refractivity contribution in [2.75, 3.05) is 6.61 Å². The first kappa shape index (κ1) is 15.9. The lowest BCUT2D eigenvalue weighted by atomic mass is 9.78. The van der Waals surface area contributed by atoms with E-state index in [0.29, 0.717) is 30.9 Å². The van der Waals surface area contributed by atoms with Crippen molar-refractivity contribution < 1.29 is 9.53 Å². The van der Waals surface area contributed by atoms with Gasteiger partial charge >= 0.3 is 0 Å². The standard InChI is InChI=1S/C18H27NO2/c1-4-21-16-10-8-15(9-11-16)12-18(20)19-17-7-5-6-13(2)14(17)3/h8-11,13-14,17H,4-7,12H2,1-3H3,(H,19,20). The number of rotatable bonds is 5. The quantitative estimate of drug-likeness (QED) is 0.900. The molecule has 1 amide bonds. The van der Waals surface area contributed by atoms with E-state index in [-0.39, 0.29) is 5.91 Å². The van der Waals surface area contributed by atoms with E-state index >= 15 is 0 Å². The molecule has 0 aliphatic heterocycles. The van der Waals surface area contributed by atoms with Crippen LogP contribution in [-0.2, 0) is 11.2 Å². The average Bonchev–Trinajstić information content (AvgIpc) is 2.46. The molecule has 1 N–H and O–H groups in total. The van der Waals surface area contributed by atoms with E-state index < -0.39 is 0 Å². The zero-order chi connectivity index (χ0) is 15.2. The third-order valence-corrected chi connectivity index (χ3v) is 4.65. The van der Waals surface area contributed by atoms with Crippen molar-refractivity contribution >= 4 is 5.91 Å². The first-order chi connectivity index (χ1) is 10.1.